The summed E-state index contributed by atoms with van der Waals surface area (Å²) in [6.45, 7) is 6.73. The number of anilines is 1. The maximum Gasteiger partial charge on any atom is 0.226 e. The molecule has 2 unspecified atom stereocenters. The minimum Gasteiger partial charge on any atom is -0.353 e. The molecule has 2 aliphatic heterocycles. The van der Waals surface area contributed by atoms with Gasteiger partial charge in [-0.15, -0.1) is 0 Å². The molecule has 2 atom stereocenters. The second-order valence-corrected chi connectivity index (χ2v) is 7.78. The van der Waals surface area contributed by atoms with E-state index in [0.29, 0.717) is 45.7 Å². The normalized spacial score (nSPS) is 24.9. The van der Waals surface area contributed by atoms with Crippen molar-refractivity contribution >= 4 is 23.5 Å². The van der Waals surface area contributed by atoms with Crippen LogP contribution in [0, 0.1) is 11.8 Å². The van der Waals surface area contributed by atoms with Gasteiger partial charge in [-0.2, -0.15) is 0 Å². The molecule has 0 aromatic carbocycles. The first-order chi connectivity index (χ1) is 13.5. The summed E-state index contributed by atoms with van der Waals surface area (Å²) in [5, 5.41) is 0. The third kappa shape index (κ3) is 3.81. The van der Waals surface area contributed by atoms with Crippen molar-refractivity contribution in [2.45, 2.75) is 13.3 Å². The van der Waals surface area contributed by atoms with E-state index in [2.05, 4.69) is 9.88 Å². The van der Waals surface area contributed by atoms with Crippen LogP contribution in [0.2, 0.25) is 0 Å². The standard InChI is InChI=1S/C20H27N5O3/c1-15(26)22-6-10-24(11-7-22)19(27)16-14-17(16)20(28)25-12-8-23(9-13-25)18-4-2-3-5-21-18/h2-5,16-17H,6-14H2,1H3. The lowest BCUT2D eigenvalue weighted by molar-refractivity contribution is -0.141. The molecule has 3 aliphatic rings. The fourth-order valence-electron chi connectivity index (χ4n) is 4.15. The second kappa shape index (κ2) is 7.77. The summed E-state index contributed by atoms with van der Waals surface area (Å²) >= 11 is 0. The Morgan fingerprint density at radius 2 is 1.36 bits per heavy atom. The van der Waals surface area contributed by atoms with Crippen molar-refractivity contribution in [3.8, 4) is 0 Å². The zero-order valence-electron chi connectivity index (χ0n) is 16.3. The van der Waals surface area contributed by atoms with Gasteiger partial charge in [-0.25, -0.2) is 4.98 Å². The van der Waals surface area contributed by atoms with E-state index in [4.69, 9.17) is 0 Å². The number of piperazine rings is 2. The van der Waals surface area contributed by atoms with Gasteiger partial charge in [0.25, 0.3) is 0 Å². The molecular formula is C20H27N5O3. The molecule has 8 nitrogen and oxygen atoms in total. The van der Waals surface area contributed by atoms with E-state index in [9.17, 15) is 14.4 Å². The van der Waals surface area contributed by atoms with Crippen LogP contribution in [-0.2, 0) is 14.4 Å². The summed E-state index contributed by atoms with van der Waals surface area (Å²) < 4.78 is 0. The maximum atomic E-state index is 12.8. The van der Waals surface area contributed by atoms with Crippen LogP contribution >= 0.6 is 0 Å². The van der Waals surface area contributed by atoms with Crippen molar-refractivity contribution in [1.29, 1.82) is 0 Å². The average molecular weight is 385 g/mol. The highest BCUT2D eigenvalue weighted by atomic mass is 16.2. The Balaban J connectivity index is 1.25. The molecule has 2 saturated heterocycles. The third-order valence-electron chi connectivity index (χ3n) is 6.03. The Bertz CT molecular complexity index is 739. The van der Waals surface area contributed by atoms with Gasteiger partial charge in [0.1, 0.15) is 5.82 Å². The van der Waals surface area contributed by atoms with E-state index < -0.39 is 0 Å². The Labute approximate surface area is 165 Å². The van der Waals surface area contributed by atoms with Gasteiger partial charge in [-0.05, 0) is 18.6 Å². The molecule has 1 saturated carbocycles. The molecule has 1 aromatic rings. The predicted molar refractivity (Wildman–Crippen MR) is 103 cm³/mol. The minimum atomic E-state index is -0.176. The van der Waals surface area contributed by atoms with Crippen molar-refractivity contribution in [3.63, 3.8) is 0 Å². The van der Waals surface area contributed by atoms with Gasteiger partial charge in [-0.1, -0.05) is 6.07 Å². The lowest BCUT2D eigenvalue weighted by atomic mass is 10.2. The van der Waals surface area contributed by atoms with E-state index in [1.54, 1.807) is 18.0 Å². The van der Waals surface area contributed by atoms with Crippen molar-refractivity contribution < 1.29 is 14.4 Å². The van der Waals surface area contributed by atoms with Gasteiger partial charge >= 0.3 is 0 Å². The first-order valence-corrected chi connectivity index (χ1v) is 10.0. The summed E-state index contributed by atoms with van der Waals surface area (Å²) in [5.41, 5.74) is 0. The highest BCUT2D eigenvalue weighted by Crippen LogP contribution is 2.41. The maximum absolute atomic E-state index is 12.8. The average Bonchev–Trinajstić information content (AvgIpc) is 3.54. The molecule has 1 aliphatic carbocycles. The molecule has 150 valence electrons. The largest absolute Gasteiger partial charge is 0.353 e. The number of hydrogen-bond donors (Lipinski definition) is 0. The number of pyridine rings is 1. The van der Waals surface area contributed by atoms with E-state index in [1.807, 2.05) is 28.0 Å². The van der Waals surface area contributed by atoms with Crippen LogP contribution in [-0.4, -0.2) is 89.8 Å². The summed E-state index contributed by atoms with van der Waals surface area (Å²) in [5.74, 6) is 0.843. The van der Waals surface area contributed by atoms with Crippen molar-refractivity contribution in [2.75, 3.05) is 57.3 Å². The van der Waals surface area contributed by atoms with Crippen LogP contribution in [0.5, 0.6) is 0 Å². The smallest absolute Gasteiger partial charge is 0.226 e. The van der Waals surface area contributed by atoms with Crippen LogP contribution in [0.25, 0.3) is 0 Å². The summed E-state index contributed by atoms with van der Waals surface area (Å²) in [6.07, 6.45) is 2.44. The van der Waals surface area contributed by atoms with Gasteiger partial charge in [0.2, 0.25) is 17.7 Å². The molecule has 8 heteroatoms. The van der Waals surface area contributed by atoms with Crippen molar-refractivity contribution in [3.05, 3.63) is 24.4 Å². The number of amides is 3. The molecular weight excluding hydrogens is 358 g/mol. The molecule has 1 aromatic heterocycles. The summed E-state index contributed by atoms with van der Waals surface area (Å²) in [4.78, 5) is 49.0. The monoisotopic (exact) mass is 385 g/mol. The number of carbonyl (C=O) groups excluding carboxylic acids is 3. The molecule has 28 heavy (non-hydrogen) atoms. The van der Waals surface area contributed by atoms with Gasteiger partial charge in [0.05, 0.1) is 11.8 Å². The van der Waals surface area contributed by atoms with E-state index in [1.165, 1.54) is 0 Å². The predicted octanol–water partition coefficient (Wildman–Crippen LogP) is 0.0570. The molecule has 0 radical (unpaired) electrons. The van der Waals surface area contributed by atoms with Crippen LogP contribution in [0.1, 0.15) is 13.3 Å². The zero-order chi connectivity index (χ0) is 19.7. The molecule has 0 spiro atoms. The Hall–Kier alpha value is -2.64. The molecule has 3 amide bonds. The highest BCUT2D eigenvalue weighted by molar-refractivity contribution is 5.92. The fraction of sp³-hybridized carbons (Fsp3) is 0.600. The topological polar surface area (TPSA) is 77.1 Å². The SMILES string of the molecule is CC(=O)N1CCN(C(=O)C2CC2C(=O)N2CCN(c3ccccn3)CC2)CC1. The van der Waals surface area contributed by atoms with Crippen LogP contribution in [0.3, 0.4) is 0 Å². The molecule has 3 fully saturated rings. The highest BCUT2D eigenvalue weighted by Gasteiger charge is 2.51. The van der Waals surface area contributed by atoms with Crippen molar-refractivity contribution in [2.24, 2.45) is 11.8 Å². The Morgan fingerprint density at radius 3 is 1.86 bits per heavy atom. The zero-order valence-corrected chi connectivity index (χ0v) is 16.3. The Morgan fingerprint density at radius 1 is 0.821 bits per heavy atom. The van der Waals surface area contributed by atoms with E-state index in [0.717, 1.165) is 18.9 Å². The third-order valence-corrected chi connectivity index (χ3v) is 6.03. The van der Waals surface area contributed by atoms with Crippen LogP contribution < -0.4 is 4.90 Å². The van der Waals surface area contributed by atoms with Gasteiger partial charge < -0.3 is 19.6 Å². The lowest BCUT2D eigenvalue weighted by Gasteiger charge is -2.36. The first-order valence-electron chi connectivity index (χ1n) is 10.0. The molecule has 4 rings (SSSR count). The minimum absolute atomic E-state index is 0.0522. The first kappa shape index (κ1) is 18.7. The van der Waals surface area contributed by atoms with Crippen LogP contribution in [0.15, 0.2) is 24.4 Å². The second-order valence-electron chi connectivity index (χ2n) is 7.78. The molecule has 0 N–H and O–H groups in total. The van der Waals surface area contributed by atoms with Gasteiger partial charge in [-0.3, -0.25) is 14.4 Å². The van der Waals surface area contributed by atoms with E-state index >= 15 is 0 Å². The Kier molecular flexibility index (Phi) is 5.19. The quantitative estimate of drug-likeness (QED) is 0.735. The number of aromatic nitrogens is 1. The van der Waals surface area contributed by atoms with Crippen molar-refractivity contribution in [1.82, 2.24) is 19.7 Å². The molecule has 3 heterocycles. The molecule has 0 bridgehead atoms. The summed E-state index contributed by atoms with van der Waals surface area (Å²) in [7, 11) is 0. The summed E-state index contributed by atoms with van der Waals surface area (Å²) in [6, 6.07) is 5.85. The van der Waals surface area contributed by atoms with Gasteiger partial charge in [0, 0.05) is 65.5 Å². The number of nitrogens with zero attached hydrogens (tertiary/aromatic N) is 5. The number of rotatable bonds is 3. The number of carbonyl (C=O) groups is 3. The van der Waals surface area contributed by atoms with Crippen LogP contribution in [0.4, 0.5) is 5.82 Å². The fourth-order valence-corrected chi connectivity index (χ4v) is 4.15. The van der Waals surface area contributed by atoms with E-state index in [-0.39, 0.29) is 29.6 Å². The number of hydrogen-bond acceptors (Lipinski definition) is 5. The van der Waals surface area contributed by atoms with Gasteiger partial charge in [0.15, 0.2) is 0 Å². The lowest BCUT2D eigenvalue weighted by Crippen LogP contribution is -2.51.